The van der Waals surface area contributed by atoms with E-state index in [-0.39, 0.29) is 0 Å². The van der Waals surface area contributed by atoms with Crippen LogP contribution in [0.3, 0.4) is 0 Å². The van der Waals surface area contributed by atoms with Crippen LogP contribution in [-0.2, 0) is 13.1 Å². The lowest BCUT2D eigenvalue weighted by molar-refractivity contribution is 0.163. The third-order valence-corrected chi connectivity index (χ3v) is 6.58. The third-order valence-electron chi connectivity index (χ3n) is 6.58. The van der Waals surface area contributed by atoms with Crippen LogP contribution in [0.15, 0.2) is 24.4 Å². The molecule has 2 heterocycles. The van der Waals surface area contributed by atoms with Crippen LogP contribution in [0, 0.1) is 12.8 Å². The van der Waals surface area contributed by atoms with Crippen molar-refractivity contribution < 1.29 is 9.47 Å². The first-order valence-corrected chi connectivity index (χ1v) is 10.6. The minimum absolute atomic E-state index is 0.703. The lowest BCUT2D eigenvalue weighted by Gasteiger charge is -2.34. The molecule has 1 aliphatic carbocycles. The standard InChI is InChI=1S/C23H33N3O2/c1-17-14-24-23(19-6-4-7-19)26(17)15-18-10-12-25(13-11-18)16-20-8-5-9-21(27-2)22(20)28-3/h5,8-9,14,18-19H,4,6-7,10-13,15-16H2,1-3H3. The van der Waals surface area contributed by atoms with Crippen LogP contribution in [0.5, 0.6) is 11.5 Å². The number of aryl methyl sites for hydroxylation is 1. The Balaban J connectivity index is 1.35. The van der Waals surface area contributed by atoms with E-state index in [1.807, 2.05) is 12.1 Å². The molecule has 0 unspecified atom stereocenters. The van der Waals surface area contributed by atoms with Gasteiger partial charge < -0.3 is 14.0 Å². The molecule has 2 aromatic rings. The maximum Gasteiger partial charge on any atom is 0.165 e. The monoisotopic (exact) mass is 383 g/mol. The van der Waals surface area contributed by atoms with Gasteiger partial charge in [-0.15, -0.1) is 0 Å². The van der Waals surface area contributed by atoms with E-state index < -0.39 is 0 Å². The molecule has 28 heavy (non-hydrogen) atoms. The van der Waals surface area contributed by atoms with E-state index in [1.165, 1.54) is 49.2 Å². The molecule has 1 aliphatic heterocycles. The van der Waals surface area contributed by atoms with Crippen LogP contribution in [0.4, 0.5) is 0 Å². The van der Waals surface area contributed by atoms with Crippen LogP contribution in [0.25, 0.3) is 0 Å². The molecule has 1 aromatic carbocycles. The summed E-state index contributed by atoms with van der Waals surface area (Å²) in [6.07, 6.45) is 8.55. The summed E-state index contributed by atoms with van der Waals surface area (Å²) < 4.78 is 13.6. The zero-order chi connectivity index (χ0) is 19.5. The first-order valence-electron chi connectivity index (χ1n) is 10.6. The van der Waals surface area contributed by atoms with Crippen molar-refractivity contribution in [3.8, 4) is 11.5 Å². The van der Waals surface area contributed by atoms with Gasteiger partial charge in [-0.25, -0.2) is 4.98 Å². The molecule has 1 saturated carbocycles. The summed E-state index contributed by atoms with van der Waals surface area (Å²) >= 11 is 0. The fraction of sp³-hybridized carbons (Fsp3) is 0.609. The van der Waals surface area contributed by atoms with E-state index in [0.717, 1.165) is 43.6 Å². The second kappa shape index (κ2) is 8.56. The molecule has 5 nitrogen and oxygen atoms in total. The molecule has 4 rings (SSSR count). The number of para-hydroxylation sites is 1. The third kappa shape index (κ3) is 3.90. The predicted octanol–water partition coefficient (Wildman–Crippen LogP) is 4.39. The van der Waals surface area contributed by atoms with E-state index in [4.69, 9.17) is 14.5 Å². The molecular weight excluding hydrogens is 350 g/mol. The number of aromatic nitrogens is 2. The van der Waals surface area contributed by atoms with Gasteiger partial charge in [-0.05, 0) is 57.7 Å². The highest BCUT2D eigenvalue weighted by Gasteiger charge is 2.27. The Bertz CT molecular complexity index is 789. The number of ether oxygens (including phenoxy) is 2. The average Bonchev–Trinajstić information content (AvgIpc) is 3.02. The number of benzene rings is 1. The molecule has 0 amide bonds. The van der Waals surface area contributed by atoms with E-state index >= 15 is 0 Å². The van der Waals surface area contributed by atoms with Crippen molar-refractivity contribution in [1.29, 1.82) is 0 Å². The van der Waals surface area contributed by atoms with Gasteiger partial charge in [0.1, 0.15) is 5.82 Å². The maximum absolute atomic E-state index is 5.60. The topological polar surface area (TPSA) is 39.5 Å². The maximum atomic E-state index is 5.60. The van der Waals surface area contributed by atoms with Crippen molar-refractivity contribution in [2.24, 2.45) is 5.92 Å². The van der Waals surface area contributed by atoms with Gasteiger partial charge in [-0.1, -0.05) is 18.6 Å². The predicted molar refractivity (Wildman–Crippen MR) is 111 cm³/mol. The summed E-state index contributed by atoms with van der Waals surface area (Å²) in [6.45, 7) is 6.53. The molecular formula is C23H33N3O2. The van der Waals surface area contributed by atoms with Gasteiger partial charge in [-0.3, -0.25) is 4.90 Å². The van der Waals surface area contributed by atoms with Gasteiger partial charge in [0.25, 0.3) is 0 Å². The van der Waals surface area contributed by atoms with Crippen molar-refractivity contribution in [2.45, 2.75) is 58.0 Å². The minimum atomic E-state index is 0.703. The molecule has 1 saturated heterocycles. The molecule has 0 radical (unpaired) electrons. The Labute approximate surface area is 168 Å². The summed E-state index contributed by atoms with van der Waals surface area (Å²) in [5.74, 6) is 4.47. The summed E-state index contributed by atoms with van der Waals surface area (Å²) in [7, 11) is 3.42. The number of piperidine rings is 1. The lowest BCUT2D eigenvalue weighted by Crippen LogP contribution is -2.35. The van der Waals surface area contributed by atoms with Gasteiger partial charge in [0.2, 0.25) is 0 Å². The van der Waals surface area contributed by atoms with Crippen LogP contribution >= 0.6 is 0 Å². The summed E-state index contributed by atoms with van der Waals surface area (Å²) in [4.78, 5) is 7.28. The van der Waals surface area contributed by atoms with Crippen LogP contribution in [-0.4, -0.2) is 41.8 Å². The fourth-order valence-electron chi connectivity index (χ4n) is 4.61. The second-order valence-electron chi connectivity index (χ2n) is 8.37. The van der Waals surface area contributed by atoms with Gasteiger partial charge in [0.05, 0.1) is 14.2 Å². The summed E-state index contributed by atoms with van der Waals surface area (Å²) in [5.41, 5.74) is 2.53. The lowest BCUT2D eigenvalue weighted by atomic mass is 9.84. The van der Waals surface area contributed by atoms with Gasteiger partial charge in [-0.2, -0.15) is 0 Å². The molecule has 152 valence electrons. The number of rotatable bonds is 7. The van der Waals surface area contributed by atoms with E-state index in [0.29, 0.717) is 5.92 Å². The average molecular weight is 384 g/mol. The Morgan fingerprint density at radius 2 is 1.86 bits per heavy atom. The molecule has 5 heteroatoms. The Morgan fingerprint density at radius 1 is 1.07 bits per heavy atom. The van der Waals surface area contributed by atoms with Crippen LogP contribution in [0.1, 0.15) is 55.1 Å². The zero-order valence-corrected chi connectivity index (χ0v) is 17.5. The number of nitrogens with zero attached hydrogens (tertiary/aromatic N) is 3. The van der Waals surface area contributed by atoms with Crippen molar-refractivity contribution in [3.63, 3.8) is 0 Å². The van der Waals surface area contributed by atoms with Crippen LogP contribution < -0.4 is 9.47 Å². The van der Waals surface area contributed by atoms with Gasteiger partial charge >= 0.3 is 0 Å². The number of methoxy groups -OCH3 is 2. The molecule has 0 spiro atoms. The number of likely N-dealkylation sites (tertiary alicyclic amines) is 1. The quantitative estimate of drug-likeness (QED) is 0.711. The summed E-state index contributed by atoms with van der Waals surface area (Å²) in [5, 5.41) is 0. The highest BCUT2D eigenvalue weighted by atomic mass is 16.5. The smallest absolute Gasteiger partial charge is 0.165 e. The molecule has 2 fully saturated rings. The zero-order valence-electron chi connectivity index (χ0n) is 17.5. The number of hydrogen-bond acceptors (Lipinski definition) is 4. The summed E-state index contributed by atoms with van der Waals surface area (Å²) in [6, 6.07) is 6.15. The van der Waals surface area contributed by atoms with Crippen molar-refractivity contribution in [1.82, 2.24) is 14.5 Å². The highest BCUT2D eigenvalue weighted by Crippen LogP contribution is 2.37. The van der Waals surface area contributed by atoms with Crippen molar-refractivity contribution >= 4 is 0 Å². The molecule has 0 atom stereocenters. The van der Waals surface area contributed by atoms with Crippen molar-refractivity contribution in [2.75, 3.05) is 27.3 Å². The molecule has 0 bridgehead atoms. The van der Waals surface area contributed by atoms with Gasteiger partial charge in [0.15, 0.2) is 11.5 Å². The van der Waals surface area contributed by atoms with E-state index in [2.05, 4.69) is 28.7 Å². The molecule has 1 aromatic heterocycles. The highest BCUT2D eigenvalue weighted by molar-refractivity contribution is 5.46. The SMILES string of the molecule is COc1cccc(CN2CCC(Cn3c(C)cnc3C3CCC3)CC2)c1OC. The van der Waals surface area contributed by atoms with E-state index in [1.54, 1.807) is 14.2 Å². The second-order valence-corrected chi connectivity index (χ2v) is 8.37. The Kier molecular flexibility index (Phi) is 5.90. The van der Waals surface area contributed by atoms with Gasteiger partial charge in [0, 0.05) is 36.5 Å². The fourth-order valence-corrected chi connectivity index (χ4v) is 4.61. The van der Waals surface area contributed by atoms with Crippen molar-refractivity contribution in [3.05, 3.63) is 41.5 Å². The normalized spacial score (nSPS) is 18.8. The first kappa shape index (κ1) is 19.3. The van der Waals surface area contributed by atoms with Crippen LogP contribution in [0.2, 0.25) is 0 Å². The molecule has 2 aliphatic rings. The van der Waals surface area contributed by atoms with E-state index in [9.17, 15) is 0 Å². The Hall–Kier alpha value is -2.01. The molecule has 0 N–H and O–H groups in total. The largest absolute Gasteiger partial charge is 0.493 e. The number of imidazole rings is 1. The Morgan fingerprint density at radius 3 is 2.50 bits per heavy atom. The first-order chi connectivity index (χ1) is 13.7. The number of hydrogen-bond donors (Lipinski definition) is 0. The minimum Gasteiger partial charge on any atom is -0.493 e.